The van der Waals surface area contributed by atoms with Crippen molar-refractivity contribution in [3.8, 4) is 0 Å². The first-order valence-corrected chi connectivity index (χ1v) is 6.59. The number of nitrogens with zero attached hydrogens (tertiary/aromatic N) is 1. The summed E-state index contributed by atoms with van der Waals surface area (Å²) in [5.41, 5.74) is 5.15. The summed E-state index contributed by atoms with van der Waals surface area (Å²) in [6, 6.07) is 4.31. The van der Waals surface area contributed by atoms with E-state index < -0.39 is 10.8 Å². The van der Waals surface area contributed by atoms with Gasteiger partial charge >= 0.3 is 0 Å². The standard InChI is InChI=1S/C13H16N4O4/c14-12-9(2-1-3-10(12)17(20)21)13(19)15-7-6-11(18)16-8-4-5-8/h1-3,8H,4-7,14H2,(H,15,19)(H,16,18). The number of nitrogens with one attached hydrogen (secondary N) is 2. The molecule has 0 unspecified atom stereocenters. The molecule has 2 amide bonds. The Hall–Kier alpha value is -2.64. The maximum Gasteiger partial charge on any atom is 0.292 e. The number of anilines is 1. The molecule has 1 fully saturated rings. The predicted octanol–water partition coefficient (Wildman–Crippen LogP) is 0.575. The Morgan fingerprint density at radius 1 is 1.38 bits per heavy atom. The molecule has 0 aliphatic heterocycles. The van der Waals surface area contributed by atoms with Crippen LogP contribution >= 0.6 is 0 Å². The third-order valence-electron chi connectivity index (χ3n) is 3.10. The fourth-order valence-corrected chi connectivity index (χ4v) is 1.82. The lowest BCUT2D eigenvalue weighted by Crippen LogP contribution is -2.32. The molecule has 1 aliphatic carbocycles. The molecule has 1 saturated carbocycles. The number of carbonyl (C=O) groups is 2. The summed E-state index contributed by atoms with van der Waals surface area (Å²) in [5.74, 6) is -0.653. The SMILES string of the molecule is Nc1c(C(=O)NCCC(=O)NC2CC2)cccc1[N+](=O)[O-]. The summed E-state index contributed by atoms with van der Waals surface area (Å²) in [6.07, 6.45) is 2.17. The average molecular weight is 292 g/mol. The minimum atomic E-state index is -0.644. The van der Waals surface area contributed by atoms with E-state index in [9.17, 15) is 19.7 Å². The summed E-state index contributed by atoms with van der Waals surface area (Å²) in [4.78, 5) is 33.5. The van der Waals surface area contributed by atoms with Crippen LogP contribution in [0.15, 0.2) is 18.2 Å². The van der Waals surface area contributed by atoms with Gasteiger partial charge < -0.3 is 16.4 Å². The lowest BCUT2D eigenvalue weighted by Gasteiger charge is -2.08. The van der Waals surface area contributed by atoms with Gasteiger partial charge in [0, 0.05) is 25.1 Å². The summed E-state index contributed by atoms with van der Waals surface area (Å²) in [6.45, 7) is 0.152. The Morgan fingerprint density at radius 2 is 2.10 bits per heavy atom. The zero-order chi connectivity index (χ0) is 15.4. The van der Waals surface area contributed by atoms with Crippen molar-refractivity contribution in [2.75, 3.05) is 12.3 Å². The van der Waals surface area contributed by atoms with Gasteiger partial charge in [0.05, 0.1) is 10.5 Å². The molecule has 21 heavy (non-hydrogen) atoms. The minimum absolute atomic E-state index is 0.0341. The number of hydrogen-bond donors (Lipinski definition) is 3. The van der Waals surface area contributed by atoms with E-state index in [1.54, 1.807) is 0 Å². The molecule has 0 atom stereocenters. The third-order valence-corrected chi connectivity index (χ3v) is 3.10. The molecule has 8 heteroatoms. The van der Waals surface area contributed by atoms with Gasteiger partial charge in [-0.15, -0.1) is 0 Å². The molecule has 0 saturated heterocycles. The van der Waals surface area contributed by atoms with Gasteiger partial charge in [-0.05, 0) is 18.9 Å². The van der Waals surface area contributed by atoms with Gasteiger partial charge in [-0.25, -0.2) is 0 Å². The van der Waals surface area contributed by atoms with Crippen molar-refractivity contribution in [2.45, 2.75) is 25.3 Å². The Labute approximate surface area is 120 Å². The van der Waals surface area contributed by atoms with Gasteiger partial charge in [0.2, 0.25) is 5.91 Å². The van der Waals surface area contributed by atoms with E-state index in [-0.39, 0.29) is 41.9 Å². The van der Waals surface area contributed by atoms with E-state index in [2.05, 4.69) is 10.6 Å². The monoisotopic (exact) mass is 292 g/mol. The lowest BCUT2D eigenvalue weighted by molar-refractivity contribution is -0.383. The summed E-state index contributed by atoms with van der Waals surface area (Å²) < 4.78 is 0. The quantitative estimate of drug-likeness (QED) is 0.401. The van der Waals surface area contributed by atoms with Crippen molar-refractivity contribution in [1.82, 2.24) is 10.6 Å². The second-order valence-electron chi connectivity index (χ2n) is 4.84. The third kappa shape index (κ3) is 3.91. The first kappa shape index (κ1) is 14.8. The van der Waals surface area contributed by atoms with E-state index in [4.69, 9.17) is 5.73 Å². The number of nitro groups is 1. The number of para-hydroxylation sites is 1. The number of benzene rings is 1. The molecule has 0 aromatic heterocycles. The molecule has 0 bridgehead atoms. The Balaban J connectivity index is 1.89. The number of nitrogens with two attached hydrogens (primary N) is 1. The molecule has 4 N–H and O–H groups in total. The smallest absolute Gasteiger partial charge is 0.292 e. The average Bonchev–Trinajstić information content (AvgIpc) is 3.22. The molecule has 1 aliphatic rings. The van der Waals surface area contributed by atoms with Gasteiger partial charge in [0.25, 0.3) is 11.6 Å². The molecule has 8 nitrogen and oxygen atoms in total. The number of rotatable bonds is 6. The van der Waals surface area contributed by atoms with Crippen molar-refractivity contribution < 1.29 is 14.5 Å². The fourth-order valence-electron chi connectivity index (χ4n) is 1.82. The number of carbonyl (C=O) groups excluding carboxylic acids is 2. The Bertz CT molecular complexity index is 584. The second-order valence-corrected chi connectivity index (χ2v) is 4.84. The lowest BCUT2D eigenvalue weighted by atomic mass is 10.1. The van der Waals surface area contributed by atoms with Crippen LogP contribution in [0.25, 0.3) is 0 Å². The van der Waals surface area contributed by atoms with E-state index in [1.807, 2.05) is 0 Å². The number of amides is 2. The highest BCUT2D eigenvalue weighted by Gasteiger charge is 2.23. The van der Waals surface area contributed by atoms with Gasteiger partial charge in [-0.2, -0.15) is 0 Å². The van der Waals surface area contributed by atoms with Crippen LogP contribution in [-0.4, -0.2) is 29.3 Å². The van der Waals surface area contributed by atoms with Gasteiger partial charge in [0.1, 0.15) is 5.69 Å². The molecular formula is C13H16N4O4. The zero-order valence-corrected chi connectivity index (χ0v) is 11.3. The van der Waals surface area contributed by atoms with Crippen LogP contribution in [-0.2, 0) is 4.79 Å². The molecule has 0 heterocycles. The predicted molar refractivity (Wildman–Crippen MR) is 75.6 cm³/mol. The molecule has 0 radical (unpaired) electrons. The van der Waals surface area contributed by atoms with Crippen LogP contribution in [0.1, 0.15) is 29.6 Å². The molecule has 2 rings (SSSR count). The maximum atomic E-state index is 11.9. The first-order chi connectivity index (χ1) is 9.99. The van der Waals surface area contributed by atoms with Crippen LogP contribution in [0.2, 0.25) is 0 Å². The highest BCUT2D eigenvalue weighted by Crippen LogP contribution is 2.24. The molecular weight excluding hydrogens is 276 g/mol. The molecule has 0 spiro atoms. The molecule has 1 aromatic carbocycles. The normalized spacial score (nSPS) is 13.5. The highest BCUT2D eigenvalue weighted by molar-refractivity contribution is 6.01. The van der Waals surface area contributed by atoms with Crippen molar-refractivity contribution in [3.05, 3.63) is 33.9 Å². The first-order valence-electron chi connectivity index (χ1n) is 6.59. The number of hydrogen-bond acceptors (Lipinski definition) is 5. The number of nitrogen functional groups attached to an aromatic ring is 1. The van der Waals surface area contributed by atoms with Crippen molar-refractivity contribution in [1.29, 1.82) is 0 Å². The van der Waals surface area contributed by atoms with Gasteiger partial charge in [-0.1, -0.05) is 6.07 Å². The van der Waals surface area contributed by atoms with E-state index in [0.717, 1.165) is 12.8 Å². The van der Waals surface area contributed by atoms with Gasteiger partial charge in [0.15, 0.2) is 0 Å². The topological polar surface area (TPSA) is 127 Å². The van der Waals surface area contributed by atoms with Crippen molar-refractivity contribution in [3.63, 3.8) is 0 Å². The Kier molecular flexibility index (Phi) is 4.36. The van der Waals surface area contributed by atoms with Crippen LogP contribution in [0.5, 0.6) is 0 Å². The van der Waals surface area contributed by atoms with Crippen molar-refractivity contribution >= 4 is 23.2 Å². The van der Waals surface area contributed by atoms with Gasteiger partial charge in [-0.3, -0.25) is 19.7 Å². The van der Waals surface area contributed by atoms with Crippen LogP contribution in [0.3, 0.4) is 0 Å². The van der Waals surface area contributed by atoms with Crippen molar-refractivity contribution in [2.24, 2.45) is 0 Å². The van der Waals surface area contributed by atoms with Crippen LogP contribution in [0, 0.1) is 10.1 Å². The van der Waals surface area contributed by atoms with Crippen LogP contribution < -0.4 is 16.4 Å². The Morgan fingerprint density at radius 3 is 2.71 bits per heavy atom. The minimum Gasteiger partial charge on any atom is -0.393 e. The molecule has 112 valence electrons. The molecule has 1 aromatic rings. The summed E-state index contributed by atoms with van der Waals surface area (Å²) in [5, 5.41) is 16.1. The number of nitro benzene ring substituents is 1. The highest BCUT2D eigenvalue weighted by atomic mass is 16.6. The summed E-state index contributed by atoms with van der Waals surface area (Å²) in [7, 11) is 0. The van der Waals surface area contributed by atoms with E-state index in [0.29, 0.717) is 0 Å². The van der Waals surface area contributed by atoms with E-state index >= 15 is 0 Å². The maximum absolute atomic E-state index is 11.9. The van der Waals surface area contributed by atoms with E-state index in [1.165, 1.54) is 18.2 Å². The second kappa shape index (κ2) is 6.21. The zero-order valence-electron chi connectivity index (χ0n) is 11.3. The fraction of sp³-hybridized carbons (Fsp3) is 0.385. The summed E-state index contributed by atoms with van der Waals surface area (Å²) >= 11 is 0. The van der Waals surface area contributed by atoms with Crippen LogP contribution in [0.4, 0.5) is 11.4 Å². The largest absolute Gasteiger partial charge is 0.393 e.